The minimum atomic E-state index is -0.987. The van der Waals surface area contributed by atoms with E-state index >= 15 is 0 Å². The first-order valence-electron chi connectivity index (χ1n) is 18.0. The average molecular weight is 578 g/mol. The molecule has 0 spiro atoms. The van der Waals surface area contributed by atoms with Gasteiger partial charge in [-0.2, -0.15) is 0 Å². The summed E-state index contributed by atoms with van der Waals surface area (Å²) in [4.78, 5) is 12.5. The first kappa shape index (κ1) is 39.9. The van der Waals surface area contributed by atoms with Gasteiger partial charge in [-0.3, -0.25) is 4.79 Å². The third-order valence-corrected chi connectivity index (χ3v) is 8.29. The molecule has 0 aliphatic carbocycles. The third kappa shape index (κ3) is 27.5. The van der Waals surface area contributed by atoms with Gasteiger partial charge in [0, 0.05) is 0 Å². The number of aliphatic hydroxyl groups excluding tert-OH is 2. The van der Waals surface area contributed by atoms with Crippen LogP contribution in [0.4, 0.5) is 0 Å². The van der Waals surface area contributed by atoms with E-state index < -0.39 is 12.2 Å². The summed E-state index contributed by atoms with van der Waals surface area (Å²) in [6.07, 6.45) is 38.2. The lowest BCUT2D eigenvalue weighted by Crippen LogP contribution is -2.46. The van der Waals surface area contributed by atoms with Crippen LogP contribution in [0.1, 0.15) is 188 Å². The number of unbranched alkanes of at least 4 members (excludes halogenated alkanes) is 21. The van der Waals surface area contributed by atoms with Gasteiger partial charge in [-0.15, -0.1) is 0 Å². The zero-order valence-electron chi connectivity index (χ0n) is 27.7. The molecule has 0 heterocycles. The van der Waals surface area contributed by atoms with E-state index in [9.17, 15) is 15.0 Å². The number of aliphatic hydroxyl groups is 2. The van der Waals surface area contributed by atoms with E-state index in [0.29, 0.717) is 12.8 Å². The van der Waals surface area contributed by atoms with Crippen molar-refractivity contribution in [1.82, 2.24) is 5.32 Å². The highest BCUT2D eigenvalue weighted by molar-refractivity contribution is 5.80. The van der Waals surface area contributed by atoms with Gasteiger partial charge >= 0.3 is 0 Å². The molecule has 0 saturated heterocycles. The number of nitrogens with one attached hydrogen (secondary N) is 1. The van der Waals surface area contributed by atoms with E-state index in [4.69, 9.17) is 0 Å². The van der Waals surface area contributed by atoms with Gasteiger partial charge in [-0.25, -0.2) is 0 Å². The average Bonchev–Trinajstić information content (AvgIpc) is 2.98. The van der Waals surface area contributed by atoms with Gasteiger partial charge in [0.25, 0.3) is 0 Å². The molecular formula is C37H71NO3. The summed E-state index contributed by atoms with van der Waals surface area (Å²) >= 11 is 0. The van der Waals surface area contributed by atoms with Gasteiger partial charge in [-0.05, 0) is 38.5 Å². The Kier molecular flexibility index (Phi) is 30.9. The fraction of sp³-hybridized carbons (Fsp3) is 0.865. The maximum absolute atomic E-state index is 12.5. The molecule has 0 saturated carbocycles. The van der Waals surface area contributed by atoms with Crippen LogP contribution < -0.4 is 5.32 Å². The summed E-state index contributed by atoms with van der Waals surface area (Å²) in [7, 11) is 0. The van der Waals surface area contributed by atoms with Crippen molar-refractivity contribution in [1.29, 1.82) is 0 Å². The zero-order valence-corrected chi connectivity index (χ0v) is 27.7. The summed E-state index contributed by atoms with van der Waals surface area (Å²) in [6, 6.07) is -0.363. The number of carbonyl (C=O) groups is 1. The number of hydrogen-bond donors (Lipinski definition) is 3. The van der Waals surface area contributed by atoms with Crippen molar-refractivity contribution in [2.75, 3.05) is 0 Å². The van der Waals surface area contributed by atoms with Crippen molar-refractivity contribution in [3.63, 3.8) is 0 Å². The van der Waals surface area contributed by atoms with Crippen LogP contribution in [0.5, 0.6) is 0 Å². The molecule has 0 aliphatic heterocycles. The fourth-order valence-electron chi connectivity index (χ4n) is 5.39. The predicted octanol–water partition coefficient (Wildman–Crippen LogP) is 10.5. The van der Waals surface area contributed by atoms with E-state index in [1.807, 2.05) is 13.0 Å². The number of carbonyl (C=O) groups excluding carboxylic acids is 1. The zero-order chi connectivity index (χ0) is 30.2. The highest BCUT2D eigenvalue weighted by atomic mass is 16.3. The topological polar surface area (TPSA) is 69.6 Å². The Labute approximate surface area is 256 Å². The molecule has 1 unspecified atom stereocenters. The largest absolute Gasteiger partial charge is 0.387 e. The summed E-state index contributed by atoms with van der Waals surface area (Å²) in [5.41, 5.74) is 0. The van der Waals surface area contributed by atoms with Crippen LogP contribution in [0.3, 0.4) is 0 Å². The molecule has 0 radical (unpaired) electrons. The molecule has 3 N–H and O–H groups in total. The summed E-state index contributed by atoms with van der Waals surface area (Å²) in [5, 5.41) is 23.7. The minimum absolute atomic E-state index is 0.354. The van der Waals surface area contributed by atoms with Crippen molar-refractivity contribution in [3.8, 4) is 0 Å². The SMILES string of the molecule is CCCCCCCCC/C=C/CC/C=C/[C@@H](O)[C@H](CC)NC(=O)C(O)CCCCCCCCCCCCCCCC. The lowest BCUT2D eigenvalue weighted by molar-refractivity contribution is -0.131. The number of allylic oxidation sites excluding steroid dienone is 3. The van der Waals surface area contributed by atoms with Crippen LogP contribution in [-0.2, 0) is 4.79 Å². The van der Waals surface area contributed by atoms with E-state index in [-0.39, 0.29) is 11.9 Å². The van der Waals surface area contributed by atoms with Crippen LogP contribution in [0.15, 0.2) is 24.3 Å². The van der Waals surface area contributed by atoms with Crippen LogP contribution in [0, 0.1) is 0 Å². The second-order valence-electron chi connectivity index (χ2n) is 12.3. The number of amides is 1. The van der Waals surface area contributed by atoms with E-state index in [0.717, 1.165) is 32.1 Å². The van der Waals surface area contributed by atoms with Gasteiger partial charge in [0.15, 0.2) is 0 Å². The van der Waals surface area contributed by atoms with Crippen LogP contribution in [0.2, 0.25) is 0 Å². The molecule has 0 fully saturated rings. The summed E-state index contributed by atoms with van der Waals surface area (Å²) in [6.45, 7) is 6.48. The molecule has 0 aromatic carbocycles. The molecule has 0 bridgehead atoms. The molecule has 0 aromatic heterocycles. The Hall–Kier alpha value is -1.13. The standard InChI is InChI=1S/C37H71NO3/c1-4-7-9-11-13-15-17-19-21-23-25-27-29-31-33-36(40)37(41)38-34(6-3)35(39)32-30-28-26-24-22-20-18-16-14-12-10-8-5-2/h22,24,30,32,34-36,39-40H,4-21,23,25-29,31,33H2,1-3H3,(H,38,41)/b24-22+,32-30+/t34-,35+,36?/m0/s1. The summed E-state index contributed by atoms with van der Waals surface area (Å²) < 4.78 is 0. The van der Waals surface area contributed by atoms with Crippen LogP contribution in [-0.4, -0.2) is 34.4 Å². The lowest BCUT2D eigenvalue weighted by atomic mass is 10.0. The highest BCUT2D eigenvalue weighted by Gasteiger charge is 2.21. The second-order valence-corrected chi connectivity index (χ2v) is 12.3. The van der Waals surface area contributed by atoms with E-state index in [1.165, 1.54) is 122 Å². The number of rotatable bonds is 31. The molecule has 0 rings (SSSR count). The third-order valence-electron chi connectivity index (χ3n) is 8.29. The fourth-order valence-corrected chi connectivity index (χ4v) is 5.39. The second kappa shape index (κ2) is 31.8. The van der Waals surface area contributed by atoms with Gasteiger partial charge in [0.1, 0.15) is 6.10 Å². The maximum Gasteiger partial charge on any atom is 0.249 e. The Bertz CT molecular complexity index is 603. The minimum Gasteiger partial charge on any atom is -0.387 e. The first-order valence-corrected chi connectivity index (χ1v) is 18.0. The number of hydrogen-bond acceptors (Lipinski definition) is 3. The Morgan fingerprint density at radius 2 is 0.976 bits per heavy atom. The van der Waals surface area contributed by atoms with Gasteiger partial charge in [0.05, 0.1) is 12.1 Å². The van der Waals surface area contributed by atoms with Gasteiger partial charge in [0.2, 0.25) is 5.91 Å². The van der Waals surface area contributed by atoms with Crippen molar-refractivity contribution < 1.29 is 15.0 Å². The molecular weight excluding hydrogens is 506 g/mol. The van der Waals surface area contributed by atoms with Crippen LogP contribution >= 0.6 is 0 Å². The molecule has 1 amide bonds. The monoisotopic (exact) mass is 578 g/mol. The molecule has 0 aliphatic rings. The van der Waals surface area contributed by atoms with Gasteiger partial charge in [-0.1, -0.05) is 173 Å². The van der Waals surface area contributed by atoms with Gasteiger partial charge < -0.3 is 15.5 Å². The van der Waals surface area contributed by atoms with Crippen molar-refractivity contribution in [3.05, 3.63) is 24.3 Å². The highest BCUT2D eigenvalue weighted by Crippen LogP contribution is 2.14. The molecule has 242 valence electrons. The first-order chi connectivity index (χ1) is 20.1. The predicted molar refractivity (Wildman–Crippen MR) is 179 cm³/mol. The van der Waals surface area contributed by atoms with Crippen molar-refractivity contribution in [2.45, 2.75) is 206 Å². The van der Waals surface area contributed by atoms with Crippen molar-refractivity contribution >= 4 is 5.91 Å². The Balaban J connectivity index is 3.80. The quantitative estimate of drug-likeness (QED) is 0.0567. The lowest BCUT2D eigenvalue weighted by Gasteiger charge is -2.22. The van der Waals surface area contributed by atoms with E-state index in [2.05, 4.69) is 31.3 Å². The molecule has 4 nitrogen and oxygen atoms in total. The smallest absolute Gasteiger partial charge is 0.249 e. The maximum atomic E-state index is 12.5. The van der Waals surface area contributed by atoms with Crippen LogP contribution in [0.25, 0.3) is 0 Å². The van der Waals surface area contributed by atoms with Crippen molar-refractivity contribution in [2.24, 2.45) is 0 Å². The molecule has 41 heavy (non-hydrogen) atoms. The Morgan fingerprint density at radius 3 is 1.46 bits per heavy atom. The Morgan fingerprint density at radius 1 is 0.561 bits per heavy atom. The molecule has 3 atom stereocenters. The normalized spacial score (nSPS) is 14.2. The summed E-state index contributed by atoms with van der Waals surface area (Å²) in [5.74, 6) is -0.354. The van der Waals surface area contributed by atoms with E-state index in [1.54, 1.807) is 6.08 Å². The molecule has 0 aromatic rings. The molecule has 4 heteroatoms.